The molecule has 0 aliphatic carbocycles. The Labute approximate surface area is 106 Å². The van der Waals surface area contributed by atoms with Crippen LogP contribution in [0.5, 0.6) is 0 Å². The van der Waals surface area contributed by atoms with E-state index in [0.29, 0.717) is 30.7 Å². The lowest BCUT2D eigenvalue weighted by Gasteiger charge is -2.42. The van der Waals surface area contributed by atoms with Gasteiger partial charge in [-0.25, -0.2) is 4.98 Å². The molecule has 4 nitrogen and oxygen atoms in total. The zero-order chi connectivity index (χ0) is 13.3. The average molecular weight is 251 g/mol. The Hall–Kier alpha value is -1.49. The van der Waals surface area contributed by atoms with Crippen molar-refractivity contribution < 1.29 is 9.18 Å². The first kappa shape index (κ1) is 13.0. The van der Waals surface area contributed by atoms with E-state index in [1.54, 1.807) is 11.0 Å². The predicted octanol–water partition coefficient (Wildman–Crippen LogP) is 1.39. The second kappa shape index (κ2) is 5.02. The molecule has 1 aromatic heterocycles. The van der Waals surface area contributed by atoms with E-state index in [4.69, 9.17) is 0 Å². The summed E-state index contributed by atoms with van der Waals surface area (Å²) in [5, 5.41) is 0. The van der Waals surface area contributed by atoms with Crippen LogP contribution in [0.3, 0.4) is 0 Å². The maximum atomic E-state index is 13.0. The van der Waals surface area contributed by atoms with Gasteiger partial charge in [-0.3, -0.25) is 9.69 Å². The largest absolute Gasteiger partial charge is 0.336 e. The number of amides is 1. The van der Waals surface area contributed by atoms with Gasteiger partial charge in [0.1, 0.15) is 0 Å². The van der Waals surface area contributed by atoms with Crippen LogP contribution in [0, 0.1) is 5.95 Å². The number of carbonyl (C=O) groups excluding carboxylic acids is 1. The molecule has 18 heavy (non-hydrogen) atoms. The SMILES string of the molecule is CC1CN(C(=O)c2ccnc(F)c2)CC(C)N1C. The Morgan fingerprint density at radius 3 is 2.56 bits per heavy atom. The first-order valence-electron chi connectivity index (χ1n) is 6.12. The van der Waals surface area contributed by atoms with Gasteiger partial charge in [-0.15, -0.1) is 0 Å². The summed E-state index contributed by atoms with van der Waals surface area (Å²) in [5.41, 5.74) is 0.367. The van der Waals surface area contributed by atoms with Gasteiger partial charge in [0.2, 0.25) is 5.95 Å². The maximum Gasteiger partial charge on any atom is 0.254 e. The molecule has 2 unspecified atom stereocenters. The topological polar surface area (TPSA) is 36.4 Å². The molecule has 0 radical (unpaired) electrons. The van der Waals surface area contributed by atoms with E-state index in [2.05, 4.69) is 30.8 Å². The molecule has 2 rings (SSSR count). The second-order valence-corrected chi connectivity index (χ2v) is 4.94. The molecular formula is C13H18FN3O. The van der Waals surface area contributed by atoms with Crippen molar-refractivity contribution in [1.29, 1.82) is 0 Å². The molecule has 1 aliphatic rings. The van der Waals surface area contributed by atoms with Crippen LogP contribution in [0.25, 0.3) is 0 Å². The number of hydrogen-bond acceptors (Lipinski definition) is 3. The van der Waals surface area contributed by atoms with Gasteiger partial charge in [0.25, 0.3) is 5.91 Å². The minimum absolute atomic E-state index is 0.122. The van der Waals surface area contributed by atoms with E-state index in [0.717, 1.165) is 0 Å². The minimum atomic E-state index is -0.615. The highest BCUT2D eigenvalue weighted by molar-refractivity contribution is 5.94. The summed E-state index contributed by atoms with van der Waals surface area (Å²) in [6.07, 6.45) is 1.32. The Morgan fingerprint density at radius 2 is 2.00 bits per heavy atom. The van der Waals surface area contributed by atoms with Crippen LogP contribution in [-0.4, -0.2) is 52.9 Å². The Bertz CT molecular complexity index is 440. The summed E-state index contributed by atoms with van der Waals surface area (Å²) in [6.45, 7) is 5.51. The number of piperazine rings is 1. The standard InChI is InChI=1S/C13H18FN3O/c1-9-7-17(8-10(2)16(9)3)13(18)11-4-5-15-12(14)6-11/h4-6,9-10H,7-8H2,1-3H3. The zero-order valence-electron chi connectivity index (χ0n) is 10.9. The van der Waals surface area contributed by atoms with Gasteiger partial charge >= 0.3 is 0 Å². The Balaban J connectivity index is 2.15. The van der Waals surface area contributed by atoms with E-state index in [9.17, 15) is 9.18 Å². The summed E-state index contributed by atoms with van der Waals surface area (Å²) in [7, 11) is 2.06. The van der Waals surface area contributed by atoms with Crippen LogP contribution in [0.15, 0.2) is 18.3 Å². The number of likely N-dealkylation sites (N-methyl/N-ethyl adjacent to an activating group) is 1. The van der Waals surface area contributed by atoms with Crippen molar-refractivity contribution in [3.05, 3.63) is 29.8 Å². The highest BCUT2D eigenvalue weighted by Crippen LogP contribution is 2.16. The van der Waals surface area contributed by atoms with E-state index >= 15 is 0 Å². The van der Waals surface area contributed by atoms with Crippen LogP contribution < -0.4 is 0 Å². The van der Waals surface area contributed by atoms with Gasteiger partial charge in [-0.2, -0.15) is 4.39 Å². The molecule has 0 spiro atoms. The van der Waals surface area contributed by atoms with Gasteiger partial charge in [0.05, 0.1) is 0 Å². The average Bonchev–Trinajstić information content (AvgIpc) is 2.34. The fourth-order valence-corrected chi connectivity index (χ4v) is 2.29. The van der Waals surface area contributed by atoms with Crippen LogP contribution in [0.2, 0.25) is 0 Å². The van der Waals surface area contributed by atoms with Gasteiger partial charge in [0.15, 0.2) is 0 Å². The lowest BCUT2D eigenvalue weighted by Crippen LogP contribution is -2.56. The van der Waals surface area contributed by atoms with Crippen molar-refractivity contribution in [2.45, 2.75) is 25.9 Å². The molecule has 1 amide bonds. The number of carbonyl (C=O) groups is 1. The van der Waals surface area contributed by atoms with Gasteiger partial charge in [-0.1, -0.05) is 0 Å². The molecular weight excluding hydrogens is 233 g/mol. The number of rotatable bonds is 1. The van der Waals surface area contributed by atoms with Gasteiger partial charge in [-0.05, 0) is 27.0 Å². The second-order valence-electron chi connectivity index (χ2n) is 4.94. The van der Waals surface area contributed by atoms with Crippen molar-refractivity contribution in [3.8, 4) is 0 Å². The molecule has 0 aromatic carbocycles. The molecule has 0 saturated carbocycles. The predicted molar refractivity (Wildman–Crippen MR) is 66.8 cm³/mol. The molecule has 98 valence electrons. The van der Waals surface area contributed by atoms with Gasteiger partial charge < -0.3 is 4.90 Å². The number of aromatic nitrogens is 1. The van der Waals surface area contributed by atoms with Crippen molar-refractivity contribution >= 4 is 5.91 Å². The number of pyridine rings is 1. The van der Waals surface area contributed by atoms with Crippen molar-refractivity contribution in [1.82, 2.24) is 14.8 Å². The van der Waals surface area contributed by atoms with Crippen LogP contribution >= 0.6 is 0 Å². The van der Waals surface area contributed by atoms with Crippen LogP contribution in [0.1, 0.15) is 24.2 Å². The fourth-order valence-electron chi connectivity index (χ4n) is 2.29. The molecule has 1 aromatic rings. The zero-order valence-corrected chi connectivity index (χ0v) is 10.9. The fraction of sp³-hybridized carbons (Fsp3) is 0.538. The van der Waals surface area contributed by atoms with Crippen molar-refractivity contribution in [2.75, 3.05) is 20.1 Å². The molecule has 1 saturated heterocycles. The minimum Gasteiger partial charge on any atom is -0.336 e. The molecule has 0 N–H and O–H groups in total. The summed E-state index contributed by atoms with van der Waals surface area (Å²) in [4.78, 5) is 19.8. The lowest BCUT2D eigenvalue weighted by atomic mass is 10.1. The monoisotopic (exact) mass is 251 g/mol. The smallest absolute Gasteiger partial charge is 0.254 e. The third kappa shape index (κ3) is 2.51. The molecule has 5 heteroatoms. The highest BCUT2D eigenvalue weighted by atomic mass is 19.1. The summed E-state index contributed by atoms with van der Waals surface area (Å²) in [6, 6.07) is 3.36. The highest BCUT2D eigenvalue weighted by Gasteiger charge is 2.29. The van der Waals surface area contributed by atoms with Crippen molar-refractivity contribution in [2.24, 2.45) is 0 Å². The van der Waals surface area contributed by atoms with Crippen molar-refractivity contribution in [3.63, 3.8) is 0 Å². The molecule has 2 atom stereocenters. The van der Waals surface area contributed by atoms with Crippen LogP contribution in [0.4, 0.5) is 4.39 Å². The van der Waals surface area contributed by atoms with E-state index in [-0.39, 0.29) is 5.91 Å². The quantitative estimate of drug-likeness (QED) is 0.708. The summed E-state index contributed by atoms with van der Waals surface area (Å²) < 4.78 is 13.0. The van der Waals surface area contributed by atoms with E-state index in [1.807, 2.05) is 0 Å². The van der Waals surface area contributed by atoms with E-state index in [1.165, 1.54) is 12.3 Å². The summed E-state index contributed by atoms with van der Waals surface area (Å²) in [5.74, 6) is -0.737. The van der Waals surface area contributed by atoms with Gasteiger partial charge in [0, 0.05) is 43.0 Å². The lowest BCUT2D eigenvalue weighted by molar-refractivity contribution is 0.0414. The summed E-state index contributed by atoms with van der Waals surface area (Å²) >= 11 is 0. The molecule has 2 heterocycles. The van der Waals surface area contributed by atoms with E-state index < -0.39 is 5.95 Å². The third-order valence-corrected chi connectivity index (χ3v) is 3.62. The molecule has 1 fully saturated rings. The maximum absolute atomic E-state index is 13.0. The van der Waals surface area contributed by atoms with Crippen LogP contribution in [-0.2, 0) is 0 Å². The third-order valence-electron chi connectivity index (χ3n) is 3.62. The first-order chi connectivity index (χ1) is 8.49. The number of hydrogen-bond donors (Lipinski definition) is 0. The molecule has 0 bridgehead atoms. The Morgan fingerprint density at radius 1 is 1.39 bits per heavy atom. The first-order valence-corrected chi connectivity index (χ1v) is 6.12. The normalized spacial score (nSPS) is 25.2. The Kier molecular flexibility index (Phi) is 3.61. The number of nitrogens with zero attached hydrogens (tertiary/aromatic N) is 3. The molecule has 1 aliphatic heterocycles. The number of halogens is 1.